The van der Waals surface area contributed by atoms with Crippen molar-refractivity contribution in [3.63, 3.8) is 0 Å². The van der Waals surface area contributed by atoms with E-state index in [1.807, 2.05) is 0 Å². The summed E-state index contributed by atoms with van der Waals surface area (Å²) in [5, 5.41) is 1.36. The maximum Gasteiger partial charge on any atom is 0.0468 e. The molecule has 0 aliphatic carbocycles. The van der Waals surface area contributed by atoms with Crippen LogP contribution in [0.5, 0.6) is 0 Å². The summed E-state index contributed by atoms with van der Waals surface area (Å²) < 4.78 is 1.14. The van der Waals surface area contributed by atoms with Crippen LogP contribution < -0.4 is 0 Å². The Morgan fingerprint density at radius 1 is 1.18 bits per heavy atom. The molecule has 2 nitrogen and oxygen atoms in total. The van der Waals surface area contributed by atoms with Gasteiger partial charge >= 0.3 is 0 Å². The zero-order valence-corrected chi connectivity index (χ0v) is 11.5. The highest BCUT2D eigenvalue weighted by Crippen LogP contribution is 2.24. The summed E-state index contributed by atoms with van der Waals surface area (Å²) in [6.45, 7) is 3.59. The normalized spacial score (nSPS) is 17.7. The Bertz CT molecular complexity index is 512. The van der Waals surface area contributed by atoms with Gasteiger partial charge in [0.1, 0.15) is 0 Å². The number of hydrogen-bond donors (Lipinski definition) is 1. The number of piperidine rings is 1. The molecule has 0 amide bonds. The van der Waals surface area contributed by atoms with E-state index < -0.39 is 0 Å². The van der Waals surface area contributed by atoms with Crippen molar-refractivity contribution in [1.82, 2.24) is 9.88 Å². The fourth-order valence-electron chi connectivity index (χ4n) is 2.65. The molecule has 2 aromatic rings. The molecule has 1 aromatic heterocycles. The predicted molar refractivity (Wildman–Crippen MR) is 75.1 cm³/mol. The van der Waals surface area contributed by atoms with Crippen molar-refractivity contribution in [3.8, 4) is 0 Å². The number of nitrogens with zero attached hydrogens (tertiary/aromatic N) is 1. The molecule has 1 saturated heterocycles. The maximum absolute atomic E-state index is 3.51. The Morgan fingerprint density at radius 2 is 2.00 bits per heavy atom. The van der Waals surface area contributed by atoms with Gasteiger partial charge in [0, 0.05) is 28.1 Å². The fourth-order valence-corrected chi connectivity index (χ4v) is 3.01. The van der Waals surface area contributed by atoms with E-state index in [9.17, 15) is 0 Å². The molecule has 0 radical (unpaired) electrons. The van der Waals surface area contributed by atoms with Crippen molar-refractivity contribution < 1.29 is 0 Å². The molecule has 1 aliphatic heterocycles. The summed E-state index contributed by atoms with van der Waals surface area (Å²) in [5.41, 5.74) is 2.65. The van der Waals surface area contributed by atoms with Gasteiger partial charge in [0.2, 0.25) is 0 Å². The van der Waals surface area contributed by atoms with E-state index >= 15 is 0 Å². The van der Waals surface area contributed by atoms with E-state index in [0.717, 1.165) is 11.0 Å². The van der Waals surface area contributed by atoms with E-state index in [4.69, 9.17) is 0 Å². The van der Waals surface area contributed by atoms with Crippen molar-refractivity contribution in [2.24, 2.45) is 0 Å². The number of fused-ring (bicyclic) bond motifs is 1. The van der Waals surface area contributed by atoms with Crippen LogP contribution >= 0.6 is 15.9 Å². The first-order chi connectivity index (χ1) is 8.33. The van der Waals surface area contributed by atoms with Crippen LogP contribution in [0, 0.1) is 0 Å². The third kappa shape index (κ3) is 2.40. The Morgan fingerprint density at radius 3 is 2.82 bits per heavy atom. The second-order valence-corrected chi connectivity index (χ2v) is 5.76. The van der Waals surface area contributed by atoms with Crippen LogP contribution in [0.25, 0.3) is 10.9 Å². The van der Waals surface area contributed by atoms with E-state index in [-0.39, 0.29) is 0 Å². The molecule has 2 heterocycles. The summed E-state index contributed by atoms with van der Waals surface area (Å²) in [5.74, 6) is 0. The van der Waals surface area contributed by atoms with Crippen LogP contribution in [0.1, 0.15) is 24.8 Å². The summed E-state index contributed by atoms with van der Waals surface area (Å²) >= 11 is 3.51. The standard InChI is InChI=1S/C14H17BrN2/c15-12-4-5-13-11(9-16-14(13)8-12)10-17-6-2-1-3-7-17/h4-5,8-9,16H,1-3,6-7,10H2. The predicted octanol–water partition coefficient (Wildman–Crippen LogP) is 3.92. The molecule has 3 rings (SSSR count). The molecular weight excluding hydrogens is 276 g/mol. The van der Waals surface area contributed by atoms with Crippen molar-refractivity contribution in [2.45, 2.75) is 25.8 Å². The minimum atomic E-state index is 1.08. The van der Waals surface area contributed by atoms with Gasteiger partial charge in [-0.25, -0.2) is 0 Å². The van der Waals surface area contributed by atoms with Crippen LogP contribution in [0.15, 0.2) is 28.9 Å². The second kappa shape index (κ2) is 4.83. The zero-order chi connectivity index (χ0) is 11.7. The molecule has 1 fully saturated rings. The highest BCUT2D eigenvalue weighted by molar-refractivity contribution is 9.10. The highest BCUT2D eigenvalue weighted by Gasteiger charge is 2.12. The molecule has 0 spiro atoms. The molecule has 0 saturated carbocycles. The van der Waals surface area contributed by atoms with Crippen molar-refractivity contribution in [2.75, 3.05) is 13.1 Å². The van der Waals surface area contributed by atoms with Crippen LogP contribution in [0.4, 0.5) is 0 Å². The average molecular weight is 293 g/mol. The lowest BCUT2D eigenvalue weighted by atomic mass is 10.1. The van der Waals surface area contributed by atoms with E-state index in [2.05, 4.69) is 50.2 Å². The SMILES string of the molecule is Brc1ccc2c(CN3CCCCC3)c[nH]c2c1. The summed E-state index contributed by atoms with van der Waals surface area (Å²) in [6.07, 6.45) is 6.27. The van der Waals surface area contributed by atoms with Gasteiger partial charge in [0.05, 0.1) is 0 Å². The number of H-pyrrole nitrogens is 1. The number of hydrogen-bond acceptors (Lipinski definition) is 1. The third-order valence-corrected chi connectivity index (χ3v) is 4.07. The second-order valence-electron chi connectivity index (χ2n) is 4.84. The number of aromatic amines is 1. The van der Waals surface area contributed by atoms with Crippen LogP contribution in [0.3, 0.4) is 0 Å². The number of benzene rings is 1. The third-order valence-electron chi connectivity index (χ3n) is 3.57. The molecule has 0 atom stereocenters. The lowest BCUT2D eigenvalue weighted by molar-refractivity contribution is 0.221. The van der Waals surface area contributed by atoms with Crippen LogP contribution in [0.2, 0.25) is 0 Å². The smallest absolute Gasteiger partial charge is 0.0468 e. The molecule has 3 heteroatoms. The lowest BCUT2D eigenvalue weighted by Gasteiger charge is -2.26. The van der Waals surface area contributed by atoms with Crippen LogP contribution in [-0.2, 0) is 6.54 Å². The number of likely N-dealkylation sites (tertiary alicyclic amines) is 1. The van der Waals surface area contributed by atoms with E-state index in [0.29, 0.717) is 0 Å². The van der Waals surface area contributed by atoms with E-state index in [1.165, 1.54) is 48.8 Å². The number of halogens is 1. The highest BCUT2D eigenvalue weighted by atomic mass is 79.9. The minimum absolute atomic E-state index is 1.08. The monoisotopic (exact) mass is 292 g/mol. The Kier molecular flexibility index (Phi) is 3.21. The molecule has 0 unspecified atom stereocenters. The Hall–Kier alpha value is -0.800. The number of aromatic nitrogens is 1. The topological polar surface area (TPSA) is 19.0 Å². The molecule has 1 aliphatic rings. The lowest BCUT2D eigenvalue weighted by Crippen LogP contribution is -2.28. The quantitative estimate of drug-likeness (QED) is 0.889. The molecule has 90 valence electrons. The molecular formula is C14H17BrN2. The van der Waals surface area contributed by atoms with Crippen LogP contribution in [-0.4, -0.2) is 23.0 Å². The molecule has 0 bridgehead atoms. The maximum atomic E-state index is 3.51. The van der Waals surface area contributed by atoms with Gasteiger partial charge in [0.15, 0.2) is 0 Å². The van der Waals surface area contributed by atoms with Gasteiger partial charge in [-0.2, -0.15) is 0 Å². The number of nitrogens with one attached hydrogen (secondary N) is 1. The molecule has 1 aromatic carbocycles. The first-order valence-corrected chi connectivity index (χ1v) is 7.10. The molecule has 1 N–H and O–H groups in total. The summed E-state index contributed by atoms with van der Waals surface area (Å²) in [7, 11) is 0. The van der Waals surface area contributed by atoms with E-state index in [1.54, 1.807) is 0 Å². The van der Waals surface area contributed by atoms with Gasteiger partial charge in [-0.3, -0.25) is 4.90 Å². The first-order valence-electron chi connectivity index (χ1n) is 6.31. The summed E-state index contributed by atoms with van der Waals surface area (Å²) in [4.78, 5) is 5.93. The summed E-state index contributed by atoms with van der Waals surface area (Å²) in [6, 6.07) is 6.47. The average Bonchev–Trinajstić information content (AvgIpc) is 2.73. The minimum Gasteiger partial charge on any atom is -0.361 e. The van der Waals surface area contributed by atoms with Crippen molar-refractivity contribution in [1.29, 1.82) is 0 Å². The van der Waals surface area contributed by atoms with Gasteiger partial charge in [-0.15, -0.1) is 0 Å². The first kappa shape index (κ1) is 11.3. The number of rotatable bonds is 2. The van der Waals surface area contributed by atoms with Gasteiger partial charge in [-0.1, -0.05) is 28.4 Å². The van der Waals surface area contributed by atoms with Crippen molar-refractivity contribution >= 4 is 26.8 Å². The van der Waals surface area contributed by atoms with Gasteiger partial charge < -0.3 is 4.98 Å². The fraction of sp³-hybridized carbons (Fsp3) is 0.429. The van der Waals surface area contributed by atoms with Crippen molar-refractivity contribution in [3.05, 3.63) is 34.4 Å². The largest absolute Gasteiger partial charge is 0.361 e. The Labute approximate surface area is 110 Å². The van der Waals surface area contributed by atoms with Gasteiger partial charge in [0.25, 0.3) is 0 Å². The van der Waals surface area contributed by atoms with Gasteiger partial charge in [-0.05, 0) is 43.6 Å². The molecule has 17 heavy (non-hydrogen) atoms. The Balaban J connectivity index is 1.84. The zero-order valence-electron chi connectivity index (χ0n) is 9.88.